The van der Waals surface area contributed by atoms with Gasteiger partial charge in [-0.3, -0.25) is 0 Å². The van der Waals surface area contributed by atoms with Crippen LogP contribution >= 0.6 is 15.9 Å². The topological polar surface area (TPSA) is 32.3 Å². The van der Waals surface area contributed by atoms with Crippen molar-refractivity contribution in [3.63, 3.8) is 0 Å². The zero-order chi connectivity index (χ0) is 6.91. The molecule has 2 nitrogen and oxygen atoms in total. The van der Waals surface area contributed by atoms with E-state index in [1.165, 1.54) is 12.2 Å². The van der Waals surface area contributed by atoms with Crippen LogP contribution in [-0.2, 0) is 0 Å². The summed E-state index contributed by atoms with van der Waals surface area (Å²) in [6, 6.07) is 0. The van der Waals surface area contributed by atoms with Crippen molar-refractivity contribution in [3.05, 3.63) is 24.2 Å². The number of alkyl halides is 1. The number of hydrogen-bond donors (Lipinski definition) is 2. The smallest absolute Gasteiger partial charge is 0.213 e. The predicted octanol–water partition coefficient (Wildman–Crippen LogP) is 0.998. The molecule has 0 bridgehead atoms. The molecule has 1 aliphatic heterocycles. The van der Waals surface area contributed by atoms with Gasteiger partial charge in [-0.25, -0.2) is 4.39 Å². The van der Waals surface area contributed by atoms with Crippen molar-refractivity contribution in [1.29, 1.82) is 0 Å². The van der Waals surface area contributed by atoms with E-state index in [0.29, 0.717) is 0 Å². The van der Waals surface area contributed by atoms with Gasteiger partial charge in [0, 0.05) is 6.20 Å². The molecule has 0 fully saturated rings. The second kappa shape index (κ2) is 2.11. The minimum Gasteiger partial charge on any atom is -0.359 e. The van der Waals surface area contributed by atoms with Crippen molar-refractivity contribution in [1.82, 2.24) is 5.32 Å². The van der Waals surface area contributed by atoms with Crippen LogP contribution in [0.25, 0.3) is 0 Å². The van der Waals surface area contributed by atoms with E-state index in [4.69, 9.17) is 5.11 Å². The van der Waals surface area contributed by atoms with Crippen LogP contribution in [0.2, 0.25) is 0 Å². The Morgan fingerprint density at radius 3 is 2.78 bits per heavy atom. The van der Waals surface area contributed by atoms with Gasteiger partial charge in [-0.15, -0.1) is 0 Å². The molecule has 0 amide bonds. The van der Waals surface area contributed by atoms with Crippen molar-refractivity contribution >= 4 is 15.9 Å². The van der Waals surface area contributed by atoms with Crippen LogP contribution < -0.4 is 5.32 Å². The molecule has 9 heavy (non-hydrogen) atoms. The maximum Gasteiger partial charge on any atom is 0.213 e. The molecule has 0 spiro atoms. The normalized spacial score (nSPS) is 33.4. The van der Waals surface area contributed by atoms with Crippen LogP contribution in [-0.4, -0.2) is 9.74 Å². The maximum absolute atomic E-state index is 12.1. The average Bonchev–Trinajstić information content (AvgIpc) is 1.78. The lowest BCUT2D eigenvalue weighted by molar-refractivity contribution is 0.170. The average molecular weight is 194 g/mol. The highest BCUT2D eigenvalue weighted by atomic mass is 79.9. The van der Waals surface area contributed by atoms with Gasteiger partial charge in [-0.1, -0.05) is 0 Å². The monoisotopic (exact) mass is 193 g/mol. The molecule has 2 N–H and O–H groups in total. The molecule has 1 aliphatic rings. The molecule has 1 atom stereocenters. The first-order chi connectivity index (χ1) is 4.10. The third-order valence-corrected chi connectivity index (χ3v) is 1.37. The Balaban J connectivity index is 2.70. The molecule has 0 radical (unpaired) electrons. The number of dihydropyridines is 1. The van der Waals surface area contributed by atoms with E-state index in [2.05, 4.69) is 21.2 Å². The number of allylic oxidation sites excluding steroid dienone is 2. The summed E-state index contributed by atoms with van der Waals surface area (Å²) >= 11 is 2.87. The molecule has 0 aromatic carbocycles. The van der Waals surface area contributed by atoms with Crippen molar-refractivity contribution in [2.24, 2.45) is 0 Å². The van der Waals surface area contributed by atoms with Gasteiger partial charge >= 0.3 is 0 Å². The van der Waals surface area contributed by atoms with E-state index in [-0.39, 0.29) is 0 Å². The minimum absolute atomic E-state index is 0.404. The Hall–Kier alpha value is -0.350. The highest BCUT2D eigenvalue weighted by Crippen LogP contribution is 2.17. The molecule has 0 aromatic rings. The van der Waals surface area contributed by atoms with Crippen LogP contribution in [0, 0.1) is 0 Å². The van der Waals surface area contributed by atoms with E-state index in [1.54, 1.807) is 0 Å². The minimum atomic E-state index is -1.28. The van der Waals surface area contributed by atoms with Gasteiger partial charge in [0.2, 0.25) is 4.63 Å². The lowest BCUT2D eigenvalue weighted by Crippen LogP contribution is -2.34. The van der Waals surface area contributed by atoms with Crippen LogP contribution in [0.3, 0.4) is 0 Å². The van der Waals surface area contributed by atoms with Crippen molar-refractivity contribution in [3.8, 4) is 0 Å². The fraction of sp³-hybridized carbons (Fsp3) is 0.200. The fourth-order valence-electron chi connectivity index (χ4n) is 0.456. The van der Waals surface area contributed by atoms with Gasteiger partial charge in [0.15, 0.2) is 0 Å². The number of aliphatic hydroxyl groups is 1. The zero-order valence-corrected chi connectivity index (χ0v) is 6.02. The van der Waals surface area contributed by atoms with Crippen LogP contribution in [0.15, 0.2) is 24.2 Å². The Morgan fingerprint density at radius 1 is 1.78 bits per heavy atom. The van der Waals surface area contributed by atoms with Crippen LogP contribution in [0.1, 0.15) is 0 Å². The highest BCUT2D eigenvalue weighted by molar-refractivity contribution is 9.10. The van der Waals surface area contributed by atoms with Crippen molar-refractivity contribution < 1.29 is 9.50 Å². The first kappa shape index (κ1) is 6.77. The number of hydrogen-bond acceptors (Lipinski definition) is 2. The Bertz CT molecular complexity index is 176. The van der Waals surface area contributed by atoms with E-state index < -0.39 is 10.5 Å². The summed E-state index contributed by atoms with van der Waals surface area (Å²) in [6.45, 7) is 0. The Kier molecular flexibility index (Phi) is 1.59. The van der Waals surface area contributed by atoms with E-state index in [9.17, 15) is 4.39 Å². The molecule has 0 saturated carbocycles. The summed E-state index contributed by atoms with van der Waals surface area (Å²) in [4.78, 5) is 0. The van der Waals surface area contributed by atoms with Crippen LogP contribution in [0.5, 0.6) is 0 Å². The molecular weight excluding hydrogens is 189 g/mol. The largest absolute Gasteiger partial charge is 0.359 e. The summed E-state index contributed by atoms with van der Waals surface area (Å²) < 4.78 is 10.8. The lowest BCUT2D eigenvalue weighted by atomic mass is 10.3. The SMILES string of the molecule is O[C@@]1(Br)C=CC(F)=CN1. The highest BCUT2D eigenvalue weighted by Gasteiger charge is 2.18. The quantitative estimate of drug-likeness (QED) is 0.445. The Morgan fingerprint density at radius 2 is 2.44 bits per heavy atom. The fourth-order valence-corrected chi connectivity index (χ4v) is 0.703. The molecule has 0 aromatic heterocycles. The van der Waals surface area contributed by atoms with E-state index in [0.717, 1.165) is 6.20 Å². The predicted molar refractivity (Wildman–Crippen MR) is 35.3 cm³/mol. The summed E-state index contributed by atoms with van der Waals surface area (Å²) in [5.74, 6) is -0.404. The number of nitrogens with one attached hydrogen (secondary N) is 1. The molecular formula is C5H5BrFNO. The third-order valence-electron chi connectivity index (χ3n) is 0.876. The van der Waals surface area contributed by atoms with E-state index >= 15 is 0 Å². The van der Waals surface area contributed by atoms with E-state index in [1.807, 2.05) is 0 Å². The molecule has 4 heteroatoms. The third kappa shape index (κ3) is 1.80. The van der Waals surface area contributed by atoms with Gasteiger partial charge in [0.1, 0.15) is 5.83 Å². The number of halogens is 2. The standard InChI is InChI=1S/C5H5BrFNO/c6-5(9)2-1-4(7)3-8-5/h1-3,8-9H/t5-/m1/s1. The maximum atomic E-state index is 12.1. The second-order valence-electron chi connectivity index (χ2n) is 1.68. The zero-order valence-electron chi connectivity index (χ0n) is 4.44. The van der Waals surface area contributed by atoms with Gasteiger partial charge in [-0.2, -0.15) is 0 Å². The van der Waals surface area contributed by atoms with Gasteiger partial charge in [0.25, 0.3) is 0 Å². The summed E-state index contributed by atoms with van der Waals surface area (Å²) in [5, 5.41) is 11.4. The second-order valence-corrected chi connectivity index (χ2v) is 2.89. The van der Waals surface area contributed by atoms with Crippen molar-refractivity contribution in [2.75, 3.05) is 0 Å². The Labute approximate surface area is 60.2 Å². The first-order valence-corrected chi connectivity index (χ1v) is 3.13. The summed E-state index contributed by atoms with van der Waals surface area (Å²) in [6.07, 6.45) is 3.52. The van der Waals surface area contributed by atoms with Gasteiger partial charge < -0.3 is 10.4 Å². The summed E-state index contributed by atoms with van der Waals surface area (Å²) in [7, 11) is 0. The molecule has 0 saturated heterocycles. The molecule has 0 aliphatic carbocycles. The van der Waals surface area contributed by atoms with Gasteiger partial charge in [-0.05, 0) is 28.1 Å². The molecule has 1 rings (SSSR count). The molecule has 1 heterocycles. The van der Waals surface area contributed by atoms with Crippen LogP contribution in [0.4, 0.5) is 4.39 Å². The molecule has 0 unspecified atom stereocenters. The molecule has 50 valence electrons. The lowest BCUT2D eigenvalue weighted by Gasteiger charge is -2.19. The first-order valence-electron chi connectivity index (χ1n) is 2.34. The van der Waals surface area contributed by atoms with Gasteiger partial charge in [0.05, 0.1) is 0 Å². The van der Waals surface area contributed by atoms with Crippen molar-refractivity contribution in [2.45, 2.75) is 4.63 Å². The number of rotatable bonds is 0. The summed E-state index contributed by atoms with van der Waals surface area (Å²) in [5.41, 5.74) is 0.